The number of unbranched alkanes of at least 4 members (excludes halogenated alkanes) is 11. The van der Waals surface area contributed by atoms with Gasteiger partial charge in [0.25, 0.3) is 6.33 Å². The molecular formula is C19H37N2O3S+. The van der Waals surface area contributed by atoms with E-state index in [0.29, 0.717) is 6.61 Å². The second-order valence-corrected chi connectivity index (χ2v) is 8.76. The van der Waals surface area contributed by atoms with Gasteiger partial charge in [-0.2, -0.15) is 8.42 Å². The van der Waals surface area contributed by atoms with E-state index in [-0.39, 0.29) is 5.94 Å². The lowest BCUT2D eigenvalue weighted by molar-refractivity contribution is -0.670. The second-order valence-electron chi connectivity index (χ2n) is 6.94. The van der Waals surface area contributed by atoms with Gasteiger partial charge in [0.2, 0.25) is 0 Å². The smallest absolute Gasteiger partial charge is 0.329 e. The molecule has 1 rings (SSSR count). The van der Waals surface area contributed by atoms with E-state index in [0.717, 1.165) is 12.8 Å². The van der Waals surface area contributed by atoms with Crippen LogP contribution in [0.3, 0.4) is 0 Å². The minimum Gasteiger partial charge on any atom is -0.361 e. The van der Waals surface area contributed by atoms with Gasteiger partial charge >= 0.3 is 10.0 Å². The highest BCUT2D eigenvalue weighted by Gasteiger charge is 2.19. The molecule has 0 unspecified atom stereocenters. The van der Waals surface area contributed by atoms with Crippen molar-refractivity contribution in [3.05, 3.63) is 18.7 Å². The van der Waals surface area contributed by atoms with Crippen molar-refractivity contribution in [2.75, 3.05) is 12.5 Å². The summed E-state index contributed by atoms with van der Waals surface area (Å²) in [6.45, 7) is 2.77. The van der Waals surface area contributed by atoms with Crippen molar-refractivity contribution in [1.82, 2.24) is 3.97 Å². The van der Waals surface area contributed by atoms with Crippen LogP contribution in [0.4, 0.5) is 0 Å². The molecule has 0 atom stereocenters. The number of imidazole rings is 1. The zero-order valence-electron chi connectivity index (χ0n) is 16.2. The zero-order valence-corrected chi connectivity index (χ0v) is 17.0. The van der Waals surface area contributed by atoms with E-state index in [1.54, 1.807) is 17.8 Å². The van der Waals surface area contributed by atoms with Gasteiger partial charge < -0.3 is 4.74 Å². The van der Waals surface area contributed by atoms with Crippen LogP contribution in [0.2, 0.25) is 0 Å². The summed E-state index contributed by atoms with van der Waals surface area (Å²) in [7, 11) is -1.59. The summed E-state index contributed by atoms with van der Waals surface area (Å²) in [5.74, 6) is -0.250. The largest absolute Gasteiger partial charge is 0.361 e. The van der Waals surface area contributed by atoms with E-state index < -0.39 is 10.0 Å². The Morgan fingerprint density at radius 1 is 0.880 bits per heavy atom. The summed E-state index contributed by atoms with van der Waals surface area (Å²) in [6.07, 6.45) is 20.3. The third-order valence-corrected chi connectivity index (χ3v) is 5.76. The average Bonchev–Trinajstić information content (AvgIpc) is 3.02. The molecule has 0 aliphatic heterocycles. The van der Waals surface area contributed by atoms with E-state index in [4.69, 9.17) is 4.74 Å². The number of aryl methyl sites for hydroxylation is 1. The van der Waals surface area contributed by atoms with Crippen molar-refractivity contribution in [2.45, 2.75) is 84.0 Å². The zero-order chi connectivity index (χ0) is 18.4. The van der Waals surface area contributed by atoms with Crippen molar-refractivity contribution < 1.29 is 17.7 Å². The average molecular weight is 374 g/mol. The monoisotopic (exact) mass is 373 g/mol. The van der Waals surface area contributed by atoms with Crippen LogP contribution in [-0.2, 0) is 21.8 Å². The highest BCUT2D eigenvalue weighted by Crippen LogP contribution is 2.12. The van der Waals surface area contributed by atoms with Crippen molar-refractivity contribution in [3.63, 3.8) is 0 Å². The highest BCUT2D eigenvalue weighted by atomic mass is 32.2. The van der Waals surface area contributed by atoms with Gasteiger partial charge in [0.05, 0.1) is 7.05 Å². The van der Waals surface area contributed by atoms with Gasteiger partial charge in [-0.05, 0) is 6.42 Å². The standard InChI is InChI=1S/C19H37N2O3S/c1-3-4-5-6-7-8-9-10-11-12-13-14-17-24-19-25(22,23)21-16-15-20(2)18-21/h15-16,18H,3-14,17,19H2,1-2H3/q+1. The summed E-state index contributed by atoms with van der Waals surface area (Å²) in [6, 6.07) is 0. The second kappa shape index (κ2) is 13.3. The molecule has 0 saturated carbocycles. The van der Waals surface area contributed by atoms with E-state index in [9.17, 15) is 8.42 Å². The lowest BCUT2D eigenvalue weighted by Crippen LogP contribution is -2.26. The third kappa shape index (κ3) is 10.6. The molecule has 0 amide bonds. The van der Waals surface area contributed by atoms with Crippen LogP contribution in [0, 0.1) is 0 Å². The summed E-state index contributed by atoms with van der Waals surface area (Å²) >= 11 is 0. The number of hydrogen-bond donors (Lipinski definition) is 0. The van der Waals surface area contributed by atoms with E-state index in [2.05, 4.69) is 6.92 Å². The first-order chi connectivity index (χ1) is 12.1. The molecule has 1 aromatic rings. The Morgan fingerprint density at radius 3 is 1.88 bits per heavy atom. The van der Waals surface area contributed by atoms with Gasteiger partial charge in [0.1, 0.15) is 12.4 Å². The van der Waals surface area contributed by atoms with Crippen LogP contribution in [0.25, 0.3) is 0 Å². The van der Waals surface area contributed by atoms with Gasteiger partial charge in [-0.1, -0.05) is 77.6 Å². The quantitative estimate of drug-likeness (QED) is 0.323. The maximum absolute atomic E-state index is 12.0. The molecule has 0 N–H and O–H groups in total. The molecular weight excluding hydrogens is 336 g/mol. The van der Waals surface area contributed by atoms with E-state index in [1.165, 1.54) is 80.7 Å². The fraction of sp³-hybridized carbons (Fsp3) is 0.842. The SMILES string of the molecule is CCCCCCCCCCCCCCOCS(=O)(=O)n1cc[n+](C)c1. The minimum absolute atomic E-state index is 0.250. The molecule has 0 fully saturated rings. The lowest BCUT2D eigenvalue weighted by Gasteiger charge is -2.04. The molecule has 1 heterocycles. The first kappa shape index (κ1) is 22.2. The number of nitrogens with zero attached hydrogens (tertiary/aromatic N) is 2. The van der Waals surface area contributed by atoms with E-state index >= 15 is 0 Å². The molecule has 0 aliphatic carbocycles. The normalized spacial score (nSPS) is 11.9. The van der Waals surface area contributed by atoms with Crippen LogP contribution in [0.1, 0.15) is 84.0 Å². The topological polar surface area (TPSA) is 52.2 Å². The Morgan fingerprint density at radius 2 is 1.40 bits per heavy atom. The molecule has 146 valence electrons. The van der Waals surface area contributed by atoms with Gasteiger partial charge in [0.15, 0.2) is 5.94 Å². The number of ether oxygens (including phenoxy) is 1. The molecule has 25 heavy (non-hydrogen) atoms. The number of rotatable bonds is 16. The third-order valence-electron chi connectivity index (χ3n) is 4.44. The molecule has 0 aromatic carbocycles. The first-order valence-electron chi connectivity index (χ1n) is 9.90. The summed E-state index contributed by atoms with van der Waals surface area (Å²) in [4.78, 5) is 0. The molecule has 0 spiro atoms. The predicted molar refractivity (Wildman–Crippen MR) is 102 cm³/mol. The van der Waals surface area contributed by atoms with Gasteiger partial charge in [0, 0.05) is 6.61 Å². The highest BCUT2D eigenvalue weighted by molar-refractivity contribution is 7.89. The van der Waals surface area contributed by atoms with Gasteiger partial charge in [-0.3, -0.25) is 0 Å². The van der Waals surface area contributed by atoms with Crippen LogP contribution in [0.5, 0.6) is 0 Å². The summed E-state index contributed by atoms with van der Waals surface area (Å²) in [5, 5.41) is 0. The fourth-order valence-electron chi connectivity index (χ4n) is 2.86. The Hall–Kier alpha value is -0.880. The number of aromatic nitrogens is 2. The predicted octanol–water partition coefficient (Wildman–Crippen LogP) is 4.17. The summed E-state index contributed by atoms with van der Waals surface area (Å²) < 4.78 is 32.2. The van der Waals surface area contributed by atoms with Gasteiger partial charge in [-0.25, -0.2) is 4.57 Å². The van der Waals surface area contributed by atoms with Crippen LogP contribution < -0.4 is 4.57 Å². The molecule has 0 aliphatic rings. The molecule has 0 radical (unpaired) electrons. The lowest BCUT2D eigenvalue weighted by atomic mass is 10.1. The number of hydrogen-bond acceptors (Lipinski definition) is 3. The molecule has 6 heteroatoms. The van der Waals surface area contributed by atoms with Crippen molar-refractivity contribution in [2.24, 2.45) is 7.05 Å². The fourth-order valence-corrected chi connectivity index (χ4v) is 3.84. The Labute approximate surface area is 154 Å². The molecule has 5 nitrogen and oxygen atoms in total. The molecule has 0 saturated heterocycles. The molecule has 0 bridgehead atoms. The van der Waals surface area contributed by atoms with Crippen LogP contribution >= 0.6 is 0 Å². The van der Waals surface area contributed by atoms with Crippen molar-refractivity contribution >= 4 is 10.0 Å². The maximum Gasteiger partial charge on any atom is 0.329 e. The van der Waals surface area contributed by atoms with E-state index in [1.807, 2.05) is 0 Å². The maximum atomic E-state index is 12.0. The Kier molecular flexibility index (Phi) is 11.8. The Balaban J connectivity index is 1.89. The van der Waals surface area contributed by atoms with Gasteiger partial charge in [-0.15, -0.1) is 3.97 Å². The first-order valence-corrected chi connectivity index (χ1v) is 11.5. The van der Waals surface area contributed by atoms with Crippen LogP contribution in [0.15, 0.2) is 18.7 Å². The molecule has 1 aromatic heterocycles. The summed E-state index contributed by atoms with van der Waals surface area (Å²) in [5.41, 5.74) is 0. The minimum atomic E-state index is -3.38. The van der Waals surface area contributed by atoms with Crippen molar-refractivity contribution in [3.8, 4) is 0 Å². The van der Waals surface area contributed by atoms with Crippen molar-refractivity contribution in [1.29, 1.82) is 0 Å². The van der Waals surface area contributed by atoms with Crippen LogP contribution in [-0.4, -0.2) is 24.9 Å². The Bertz CT molecular complexity index is 541.